The Balaban J connectivity index is 1.60. The van der Waals surface area contributed by atoms with Crippen LogP contribution in [0.4, 0.5) is 0 Å². The second-order valence-electron chi connectivity index (χ2n) is 8.42. The third-order valence-electron chi connectivity index (χ3n) is 7.13. The van der Waals surface area contributed by atoms with E-state index in [4.69, 9.17) is 0 Å². The number of fused-ring (bicyclic) bond motifs is 3. The molecule has 1 fully saturated rings. The summed E-state index contributed by atoms with van der Waals surface area (Å²) < 4.78 is 2.69. The molecule has 2 aliphatic carbocycles. The van der Waals surface area contributed by atoms with Crippen LogP contribution in [0.1, 0.15) is 73.7 Å². The number of benzene rings is 1. The molecule has 2 nitrogen and oxygen atoms in total. The molecule has 1 unspecified atom stereocenters. The molecule has 2 aromatic rings. The summed E-state index contributed by atoms with van der Waals surface area (Å²) in [5, 5.41) is 2.73. The summed E-state index contributed by atoms with van der Waals surface area (Å²) in [6.45, 7) is 3.75. The summed E-state index contributed by atoms with van der Waals surface area (Å²) >= 11 is 3.68. The van der Waals surface area contributed by atoms with Crippen LogP contribution in [0.3, 0.4) is 0 Å². The smallest absolute Gasteiger partial charge is 0.129 e. The fraction of sp³-hybridized carbons (Fsp3) is 0.636. The maximum absolute atomic E-state index is 3.68. The van der Waals surface area contributed by atoms with E-state index in [1.54, 1.807) is 27.1 Å². The van der Waals surface area contributed by atoms with Crippen molar-refractivity contribution in [1.82, 2.24) is 4.57 Å². The molecular weight excluding hydrogens is 372 g/mol. The van der Waals surface area contributed by atoms with Crippen molar-refractivity contribution in [3.63, 3.8) is 0 Å². The molecule has 25 heavy (non-hydrogen) atoms. The lowest BCUT2D eigenvalue weighted by molar-refractivity contribution is -0.934. The van der Waals surface area contributed by atoms with Crippen molar-refractivity contribution in [2.75, 3.05) is 18.4 Å². The molecule has 134 valence electrons. The Kier molecular flexibility index (Phi) is 4.41. The van der Waals surface area contributed by atoms with E-state index in [1.165, 1.54) is 76.5 Å². The molecule has 1 saturated carbocycles. The molecule has 3 aliphatic rings. The van der Waals surface area contributed by atoms with Crippen LogP contribution in [0.25, 0.3) is 10.9 Å². The molecule has 1 N–H and O–H groups in total. The first-order valence-corrected chi connectivity index (χ1v) is 11.5. The monoisotopic (exact) mass is 401 g/mol. The lowest BCUT2D eigenvalue weighted by Gasteiger charge is -2.36. The van der Waals surface area contributed by atoms with Crippen molar-refractivity contribution < 1.29 is 4.90 Å². The van der Waals surface area contributed by atoms with Crippen LogP contribution < -0.4 is 4.90 Å². The predicted molar refractivity (Wildman–Crippen MR) is 108 cm³/mol. The van der Waals surface area contributed by atoms with E-state index < -0.39 is 0 Å². The van der Waals surface area contributed by atoms with Crippen LogP contribution >= 0.6 is 15.9 Å². The van der Waals surface area contributed by atoms with E-state index in [0.717, 1.165) is 17.3 Å². The van der Waals surface area contributed by atoms with Crippen LogP contribution in [-0.4, -0.2) is 23.0 Å². The second-order valence-corrected chi connectivity index (χ2v) is 9.21. The van der Waals surface area contributed by atoms with Gasteiger partial charge in [-0.15, -0.1) is 0 Å². The molecule has 1 aliphatic heterocycles. The van der Waals surface area contributed by atoms with E-state index in [1.807, 2.05) is 0 Å². The molecule has 0 bridgehead atoms. The highest BCUT2D eigenvalue weighted by Gasteiger charge is 2.37. The number of rotatable bonds is 3. The zero-order valence-electron chi connectivity index (χ0n) is 15.2. The molecule has 2 atom stereocenters. The minimum absolute atomic E-state index is 0.737. The quantitative estimate of drug-likeness (QED) is 0.731. The van der Waals surface area contributed by atoms with Crippen LogP contribution in [0.5, 0.6) is 0 Å². The van der Waals surface area contributed by atoms with Crippen LogP contribution in [0.2, 0.25) is 0 Å². The van der Waals surface area contributed by atoms with Crippen molar-refractivity contribution in [3.05, 3.63) is 35.0 Å². The number of quaternary nitrogens is 1. The van der Waals surface area contributed by atoms with Crippen LogP contribution in [0.15, 0.2) is 18.2 Å². The highest BCUT2D eigenvalue weighted by molar-refractivity contribution is 9.09. The fourth-order valence-corrected chi connectivity index (χ4v) is 6.43. The van der Waals surface area contributed by atoms with Gasteiger partial charge in [-0.1, -0.05) is 41.3 Å². The number of aryl methyl sites for hydroxylation is 1. The van der Waals surface area contributed by atoms with Crippen molar-refractivity contribution in [2.24, 2.45) is 0 Å². The first kappa shape index (κ1) is 16.4. The Morgan fingerprint density at radius 2 is 1.96 bits per heavy atom. The fourth-order valence-electron chi connectivity index (χ4n) is 5.92. The van der Waals surface area contributed by atoms with E-state index in [0.29, 0.717) is 0 Å². The van der Waals surface area contributed by atoms with Crippen LogP contribution in [0, 0.1) is 0 Å². The number of hydrogen-bond acceptors (Lipinski definition) is 0. The maximum atomic E-state index is 3.68. The normalized spacial score (nSPS) is 26.8. The predicted octanol–water partition coefficient (Wildman–Crippen LogP) is 4.36. The lowest BCUT2D eigenvalue weighted by Crippen LogP contribution is -3.14. The van der Waals surface area contributed by atoms with E-state index >= 15 is 0 Å². The second kappa shape index (κ2) is 6.74. The number of halogens is 1. The van der Waals surface area contributed by atoms with Gasteiger partial charge >= 0.3 is 0 Å². The minimum Gasteiger partial charge on any atom is -0.334 e. The third-order valence-corrected chi connectivity index (χ3v) is 7.52. The summed E-state index contributed by atoms with van der Waals surface area (Å²) in [6.07, 6.45) is 11.1. The summed E-state index contributed by atoms with van der Waals surface area (Å²) in [5.41, 5.74) is 6.55. The Morgan fingerprint density at radius 1 is 1.08 bits per heavy atom. The molecule has 3 heteroatoms. The molecule has 5 rings (SSSR count). The van der Waals surface area contributed by atoms with Crippen LogP contribution in [-0.2, 0) is 13.0 Å². The Hall–Kier alpha value is -0.800. The number of nitrogens with zero attached hydrogens (tertiary/aromatic N) is 1. The number of alkyl halides is 1. The Labute approximate surface area is 159 Å². The molecule has 0 saturated heterocycles. The van der Waals surface area contributed by atoms with Gasteiger partial charge in [0, 0.05) is 17.3 Å². The SMILES string of the molecule is BrCC[NH+]1CCn2c3c(c4cc(C5CCCCC5)ccc42)CCC[C@@H]31. The zero-order chi connectivity index (χ0) is 16.8. The first-order valence-electron chi connectivity index (χ1n) is 10.4. The highest BCUT2D eigenvalue weighted by atomic mass is 79.9. The van der Waals surface area contributed by atoms with Crippen molar-refractivity contribution in [2.45, 2.75) is 69.9 Å². The van der Waals surface area contributed by atoms with E-state index in [2.05, 4.69) is 38.7 Å². The van der Waals surface area contributed by atoms with Gasteiger partial charge in [0.2, 0.25) is 0 Å². The van der Waals surface area contributed by atoms with Gasteiger partial charge in [0.1, 0.15) is 6.04 Å². The van der Waals surface area contributed by atoms with E-state index in [9.17, 15) is 0 Å². The summed E-state index contributed by atoms with van der Waals surface area (Å²) in [4.78, 5) is 1.81. The van der Waals surface area contributed by atoms with E-state index in [-0.39, 0.29) is 0 Å². The van der Waals surface area contributed by atoms with Gasteiger partial charge in [-0.25, -0.2) is 0 Å². The van der Waals surface area contributed by atoms with Gasteiger partial charge in [-0.3, -0.25) is 0 Å². The molecule has 0 amide bonds. The minimum atomic E-state index is 0.737. The Morgan fingerprint density at radius 3 is 2.80 bits per heavy atom. The number of aromatic nitrogens is 1. The molecular formula is C22H30BrN2+. The van der Waals surface area contributed by atoms with Gasteiger partial charge in [-0.05, 0) is 54.9 Å². The van der Waals surface area contributed by atoms with Gasteiger partial charge in [0.25, 0.3) is 0 Å². The first-order chi connectivity index (χ1) is 12.4. The summed E-state index contributed by atoms with van der Waals surface area (Å²) in [6, 6.07) is 8.25. The summed E-state index contributed by atoms with van der Waals surface area (Å²) in [7, 11) is 0. The maximum Gasteiger partial charge on any atom is 0.129 e. The molecule has 1 aromatic heterocycles. The topological polar surface area (TPSA) is 9.37 Å². The largest absolute Gasteiger partial charge is 0.334 e. The van der Waals surface area contributed by atoms with Crippen molar-refractivity contribution in [3.8, 4) is 0 Å². The average molecular weight is 402 g/mol. The average Bonchev–Trinajstić information content (AvgIpc) is 3.00. The van der Waals surface area contributed by atoms with Crippen molar-refractivity contribution >= 4 is 26.8 Å². The van der Waals surface area contributed by atoms with Gasteiger partial charge in [-0.2, -0.15) is 0 Å². The third kappa shape index (κ3) is 2.70. The molecule has 0 radical (unpaired) electrons. The highest BCUT2D eigenvalue weighted by Crippen LogP contribution is 2.40. The lowest BCUT2D eigenvalue weighted by atomic mass is 9.83. The van der Waals surface area contributed by atoms with Gasteiger partial charge in [0.15, 0.2) is 0 Å². The summed E-state index contributed by atoms with van der Waals surface area (Å²) in [5.74, 6) is 0.817. The number of hydrogen-bond donors (Lipinski definition) is 1. The van der Waals surface area contributed by atoms with Gasteiger partial charge in [0.05, 0.1) is 30.7 Å². The molecule has 0 spiro atoms. The number of nitrogens with one attached hydrogen (secondary N) is 1. The standard InChI is InChI=1S/C22H29BrN2/c23-11-12-24-13-14-25-20-10-9-17(16-5-2-1-3-6-16)15-19(20)18-7-4-8-21(24)22(18)25/h9-10,15-16,21H,1-8,11-14H2/p+1/t21-/m0/s1. The zero-order valence-corrected chi connectivity index (χ0v) is 16.8. The molecule has 1 aromatic carbocycles. The molecule has 2 heterocycles. The van der Waals surface area contributed by atoms with Gasteiger partial charge < -0.3 is 9.47 Å². The Bertz CT molecular complexity index is 772. The van der Waals surface area contributed by atoms with Crippen molar-refractivity contribution in [1.29, 1.82) is 0 Å².